The number of ether oxygens (including phenoxy) is 1. The van der Waals surface area contributed by atoms with Gasteiger partial charge in [-0.1, -0.05) is 6.58 Å². The molecule has 0 heterocycles. The maximum absolute atomic E-state index is 11.2. The van der Waals surface area contributed by atoms with Crippen LogP contribution in [0, 0.1) is 0 Å². The quantitative estimate of drug-likeness (QED) is 0.299. The molecule has 0 atom stereocenters. The van der Waals surface area contributed by atoms with Crippen LogP contribution in [-0.4, -0.2) is 64.4 Å². The van der Waals surface area contributed by atoms with Gasteiger partial charge in [-0.3, -0.25) is 0 Å². The van der Waals surface area contributed by atoms with Crippen molar-refractivity contribution in [3.63, 3.8) is 0 Å². The van der Waals surface area contributed by atoms with Crippen LogP contribution in [0.2, 0.25) is 6.04 Å². The van der Waals surface area contributed by atoms with Gasteiger partial charge in [-0.25, -0.2) is 4.79 Å². The van der Waals surface area contributed by atoms with E-state index >= 15 is 0 Å². The van der Waals surface area contributed by atoms with E-state index in [0.717, 1.165) is 0 Å². The molecule has 130 valence electrons. The Morgan fingerprint density at radius 3 is 2.09 bits per heavy atom. The zero-order valence-electron chi connectivity index (χ0n) is 13.9. The van der Waals surface area contributed by atoms with E-state index in [1.54, 1.807) is 0 Å². The van der Waals surface area contributed by atoms with Crippen molar-refractivity contribution >= 4 is 14.9 Å². The lowest BCUT2D eigenvalue weighted by atomic mass is 10.4. The Morgan fingerprint density at radius 2 is 1.68 bits per heavy atom. The van der Waals surface area contributed by atoms with Crippen LogP contribution in [0.25, 0.3) is 0 Å². The van der Waals surface area contributed by atoms with Crippen LogP contribution >= 0.6 is 0 Å². The zero-order valence-corrected chi connectivity index (χ0v) is 14.9. The summed E-state index contributed by atoms with van der Waals surface area (Å²) >= 11 is 0. The average molecular weight is 335 g/mol. The molecule has 0 bridgehead atoms. The largest absolute Gasteiger partial charge is 0.500 e. The molecule has 0 aromatic rings. The first-order valence-electron chi connectivity index (χ1n) is 7.67. The predicted molar refractivity (Wildman–Crippen MR) is 85.8 cm³/mol. The van der Waals surface area contributed by atoms with Gasteiger partial charge in [0, 0.05) is 32.4 Å². The summed E-state index contributed by atoms with van der Waals surface area (Å²) in [6.07, 6.45) is 0.952. The minimum Gasteiger partial charge on any atom is -0.500 e. The second kappa shape index (κ2) is 12.5. The lowest BCUT2D eigenvalue weighted by Crippen LogP contribution is -2.46. The molecule has 1 N–H and O–H groups in total. The summed E-state index contributed by atoms with van der Waals surface area (Å²) in [6, 6.07) is 0.592. The molecule has 8 heteroatoms. The van der Waals surface area contributed by atoms with Crippen LogP contribution < -0.4 is 0 Å². The molecule has 7 nitrogen and oxygen atoms in total. The molecular weight excluding hydrogens is 306 g/mol. The molecule has 1 amide bonds. The van der Waals surface area contributed by atoms with E-state index in [2.05, 4.69) is 6.58 Å². The number of hydrogen-bond acceptors (Lipinski definition) is 5. The lowest BCUT2D eigenvalue weighted by molar-refractivity contribution is 0.0692. The van der Waals surface area contributed by atoms with E-state index in [9.17, 15) is 9.90 Å². The molecule has 0 spiro atoms. The lowest BCUT2D eigenvalue weighted by Gasteiger charge is -2.29. The van der Waals surface area contributed by atoms with Gasteiger partial charge in [-0.05, 0) is 27.2 Å². The van der Waals surface area contributed by atoms with Crippen LogP contribution in [0.3, 0.4) is 0 Å². The molecule has 22 heavy (non-hydrogen) atoms. The van der Waals surface area contributed by atoms with Gasteiger partial charge in [0.2, 0.25) is 0 Å². The molecule has 0 rings (SSSR count). The summed E-state index contributed by atoms with van der Waals surface area (Å²) in [7, 11) is -2.70. The van der Waals surface area contributed by atoms with E-state index in [-0.39, 0.29) is 0 Å². The van der Waals surface area contributed by atoms with Crippen LogP contribution in [0.4, 0.5) is 4.79 Å². The van der Waals surface area contributed by atoms with E-state index in [1.165, 1.54) is 11.2 Å². The SMILES string of the molecule is C=COCCN(CCC[Si](OCC)(OCC)OCC)C(=O)O. The van der Waals surface area contributed by atoms with Gasteiger partial charge in [0.1, 0.15) is 6.61 Å². The van der Waals surface area contributed by atoms with E-state index in [0.29, 0.717) is 52.0 Å². The maximum atomic E-state index is 11.2. The number of nitrogens with zero attached hydrogens (tertiary/aromatic N) is 1. The third kappa shape index (κ3) is 8.37. The Kier molecular flexibility index (Phi) is 11.8. The van der Waals surface area contributed by atoms with Crippen LogP contribution in [-0.2, 0) is 18.0 Å². The fourth-order valence-electron chi connectivity index (χ4n) is 2.04. The normalized spacial score (nSPS) is 11.2. The fraction of sp³-hybridized carbons (Fsp3) is 0.786. The third-order valence-electron chi connectivity index (χ3n) is 2.87. The summed E-state index contributed by atoms with van der Waals surface area (Å²) < 4.78 is 22.2. The van der Waals surface area contributed by atoms with Gasteiger partial charge in [0.05, 0.1) is 12.8 Å². The van der Waals surface area contributed by atoms with Crippen molar-refractivity contribution in [1.29, 1.82) is 0 Å². The molecule has 0 saturated heterocycles. The molecule has 0 aromatic carbocycles. The number of carbonyl (C=O) groups is 1. The van der Waals surface area contributed by atoms with Gasteiger partial charge < -0.3 is 28.0 Å². The van der Waals surface area contributed by atoms with E-state index in [4.69, 9.17) is 18.0 Å². The Morgan fingerprint density at radius 1 is 1.14 bits per heavy atom. The van der Waals surface area contributed by atoms with E-state index < -0.39 is 14.9 Å². The molecule has 0 aliphatic carbocycles. The number of carboxylic acid groups (broad SMARTS) is 1. The second-order valence-electron chi connectivity index (χ2n) is 4.39. The highest BCUT2D eigenvalue weighted by Gasteiger charge is 2.39. The summed E-state index contributed by atoms with van der Waals surface area (Å²) in [6.45, 7) is 11.6. The zero-order chi connectivity index (χ0) is 16.8. The Bertz CT molecular complexity index is 299. The molecule has 0 saturated carbocycles. The van der Waals surface area contributed by atoms with Crippen molar-refractivity contribution in [3.05, 3.63) is 12.8 Å². The molecule has 0 unspecified atom stereocenters. The topological polar surface area (TPSA) is 77.5 Å². The van der Waals surface area contributed by atoms with Gasteiger partial charge in [0.25, 0.3) is 0 Å². The Labute approximate surface area is 134 Å². The summed E-state index contributed by atoms with van der Waals surface area (Å²) in [5, 5.41) is 9.17. The average Bonchev–Trinajstić information content (AvgIpc) is 2.46. The Balaban J connectivity index is 4.47. The van der Waals surface area contributed by atoms with Crippen LogP contribution in [0.1, 0.15) is 27.2 Å². The molecule has 0 fully saturated rings. The minimum absolute atomic E-state index is 0.292. The smallest absolute Gasteiger partial charge is 0.500 e. The highest BCUT2D eigenvalue weighted by atomic mass is 28.4. The first-order chi connectivity index (χ1) is 10.5. The maximum Gasteiger partial charge on any atom is 0.500 e. The minimum atomic E-state index is -2.70. The highest BCUT2D eigenvalue weighted by molar-refractivity contribution is 6.60. The van der Waals surface area contributed by atoms with Crippen molar-refractivity contribution in [2.24, 2.45) is 0 Å². The summed E-state index contributed by atoms with van der Waals surface area (Å²) in [5.41, 5.74) is 0. The second-order valence-corrected chi connectivity index (χ2v) is 7.12. The third-order valence-corrected chi connectivity index (χ3v) is 6.02. The monoisotopic (exact) mass is 335 g/mol. The first kappa shape index (κ1) is 20.9. The van der Waals surface area contributed by atoms with Crippen molar-refractivity contribution in [2.45, 2.75) is 33.2 Å². The molecule has 0 aromatic heterocycles. The number of hydrogen-bond donors (Lipinski definition) is 1. The molecule has 0 radical (unpaired) electrons. The summed E-state index contributed by atoms with van der Waals surface area (Å²) in [5.74, 6) is 0. The highest BCUT2D eigenvalue weighted by Crippen LogP contribution is 2.18. The van der Waals surface area contributed by atoms with Gasteiger partial charge in [-0.15, -0.1) is 0 Å². The van der Waals surface area contributed by atoms with Gasteiger partial charge in [0.15, 0.2) is 0 Å². The van der Waals surface area contributed by atoms with Crippen LogP contribution in [0.5, 0.6) is 0 Å². The number of amides is 1. The van der Waals surface area contributed by atoms with Crippen molar-refractivity contribution in [3.8, 4) is 0 Å². The van der Waals surface area contributed by atoms with Gasteiger partial charge in [-0.2, -0.15) is 0 Å². The number of rotatable bonds is 14. The van der Waals surface area contributed by atoms with Crippen molar-refractivity contribution in [2.75, 3.05) is 39.5 Å². The van der Waals surface area contributed by atoms with Gasteiger partial charge >= 0.3 is 14.9 Å². The molecule has 0 aliphatic heterocycles. The first-order valence-corrected chi connectivity index (χ1v) is 9.60. The Hall–Kier alpha value is -1.09. The van der Waals surface area contributed by atoms with Crippen LogP contribution in [0.15, 0.2) is 12.8 Å². The van der Waals surface area contributed by atoms with Crippen molar-refractivity contribution < 1.29 is 27.9 Å². The fourth-order valence-corrected chi connectivity index (χ4v) is 4.63. The van der Waals surface area contributed by atoms with E-state index in [1.807, 2.05) is 20.8 Å². The van der Waals surface area contributed by atoms with Crippen molar-refractivity contribution in [1.82, 2.24) is 4.90 Å². The standard InChI is InChI=1S/C14H29NO6Si/c1-5-18-12-11-15(14(16)17)10-9-13-22(19-6-2,20-7-3)21-8-4/h5H,1,6-13H2,2-4H3,(H,16,17). The summed E-state index contributed by atoms with van der Waals surface area (Å²) in [4.78, 5) is 12.5. The molecule has 0 aliphatic rings. The molecular formula is C14H29NO6Si. The predicted octanol–water partition coefficient (Wildman–Crippen LogP) is 2.57.